The van der Waals surface area contributed by atoms with Crippen LogP contribution in [0, 0.1) is 0 Å². The van der Waals surface area contributed by atoms with Crippen molar-refractivity contribution >= 4 is 56.5 Å². The van der Waals surface area contributed by atoms with E-state index in [1.807, 2.05) is 13.8 Å². The zero-order valence-corrected chi connectivity index (χ0v) is 19.4. The van der Waals surface area contributed by atoms with E-state index < -0.39 is 17.1 Å². The second-order valence-electron chi connectivity index (χ2n) is 6.40. The van der Waals surface area contributed by atoms with E-state index in [0.717, 1.165) is 26.7 Å². The van der Waals surface area contributed by atoms with Crippen LogP contribution in [0.15, 0.2) is 51.8 Å². The number of hydrogen-bond donors (Lipinski definition) is 1. The number of amides is 3. The van der Waals surface area contributed by atoms with Gasteiger partial charge in [-0.2, -0.15) is 0 Å². The number of rotatable bonds is 8. The first kappa shape index (κ1) is 22.9. The molecule has 0 atom stereocenters. The van der Waals surface area contributed by atoms with E-state index in [4.69, 9.17) is 9.47 Å². The smallest absolute Gasteiger partial charge is 0.294 e. The second-order valence-corrected chi connectivity index (χ2v) is 8.24. The van der Waals surface area contributed by atoms with Crippen LogP contribution in [-0.2, 0) is 9.59 Å². The third kappa shape index (κ3) is 5.89. The predicted octanol–water partition coefficient (Wildman–Crippen LogP) is 4.92. The molecule has 2 aromatic carbocycles. The van der Waals surface area contributed by atoms with Crippen LogP contribution in [0.4, 0.5) is 10.5 Å². The van der Waals surface area contributed by atoms with Crippen LogP contribution in [0.1, 0.15) is 19.4 Å². The average Bonchev–Trinajstić information content (AvgIpc) is 2.99. The molecule has 0 saturated carbocycles. The van der Waals surface area contributed by atoms with Crippen molar-refractivity contribution in [1.29, 1.82) is 0 Å². The third-order valence-electron chi connectivity index (χ3n) is 4.18. The first-order valence-corrected chi connectivity index (χ1v) is 11.2. The van der Waals surface area contributed by atoms with Crippen molar-refractivity contribution in [1.82, 2.24) is 4.90 Å². The Balaban J connectivity index is 1.65. The molecular formula is C22H21BrN2O5S. The quantitative estimate of drug-likeness (QED) is 0.513. The molecule has 2 aromatic rings. The highest BCUT2D eigenvalue weighted by Gasteiger charge is 2.36. The molecule has 0 aromatic heterocycles. The molecule has 0 spiro atoms. The Kier molecular flexibility index (Phi) is 7.75. The number of anilines is 1. The lowest BCUT2D eigenvalue weighted by Gasteiger charge is -2.12. The van der Waals surface area contributed by atoms with Crippen LogP contribution < -0.4 is 14.8 Å². The standard InChI is InChI=1S/C22H21BrN2O5S/c1-3-29-16-8-6-15(7-9-16)24-20(26)13-25-21(27)19(31-22(25)28)12-14-5-10-18(30-4-2)17(23)11-14/h5-12H,3-4,13H2,1-2H3,(H,24,26)/b19-12+. The van der Waals surface area contributed by atoms with Gasteiger partial charge in [0, 0.05) is 5.69 Å². The fourth-order valence-corrected chi connectivity index (χ4v) is 4.16. The van der Waals surface area contributed by atoms with Crippen molar-refractivity contribution < 1.29 is 23.9 Å². The number of nitrogens with zero attached hydrogens (tertiary/aromatic N) is 1. The van der Waals surface area contributed by atoms with Gasteiger partial charge in [0.1, 0.15) is 18.0 Å². The molecule has 0 bridgehead atoms. The van der Waals surface area contributed by atoms with Crippen molar-refractivity contribution in [2.24, 2.45) is 0 Å². The molecule has 162 valence electrons. The summed E-state index contributed by atoms with van der Waals surface area (Å²) in [6, 6.07) is 12.2. The van der Waals surface area contributed by atoms with Crippen molar-refractivity contribution in [2.45, 2.75) is 13.8 Å². The number of hydrogen-bond acceptors (Lipinski definition) is 6. The number of nitrogens with one attached hydrogen (secondary N) is 1. The highest BCUT2D eigenvalue weighted by molar-refractivity contribution is 9.10. The van der Waals surface area contributed by atoms with E-state index in [0.29, 0.717) is 30.4 Å². The Morgan fingerprint density at radius 2 is 1.81 bits per heavy atom. The number of thioether (sulfide) groups is 1. The van der Waals surface area contributed by atoms with Gasteiger partial charge in [0.25, 0.3) is 11.1 Å². The Hall–Kier alpha value is -2.78. The summed E-state index contributed by atoms with van der Waals surface area (Å²) >= 11 is 4.24. The van der Waals surface area contributed by atoms with E-state index in [-0.39, 0.29) is 11.4 Å². The van der Waals surface area contributed by atoms with Crippen molar-refractivity contribution in [3.63, 3.8) is 0 Å². The monoisotopic (exact) mass is 504 g/mol. The number of benzene rings is 2. The molecule has 1 N–H and O–H groups in total. The molecule has 3 amide bonds. The fraction of sp³-hybridized carbons (Fsp3) is 0.227. The second kappa shape index (κ2) is 10.5. The summed E-state index contributed by atoms with van der Waals surface area (Å²) in [5.41, 5.74) is 1.29. The summed E-state index contributed by atoms with van der Waals surface area (Å²) in [4.78, 5) is 38.5. The number of imide groups is 1. The van der Waals surface area contributed by atoms with E-state index in [1.165, 1.54) is 0 Å². The molecule has 0 radical (unpaired) electrons. The summed E-state index contributed by atoms with van der Waals surface area (Å²) < 4.78 is 11.6. The van der Waals surface area contributed by atoms with Crippen molar-refractivity contribution in [3.05, 3.63) is 57.4 Å². The van der Waals surface area contributed by atoms with Gasteiger partial charge in [-0.3, -0.25) is 19.3 Å². The molecule has 31 heavy (non-hydrogen) atoms. The molecule has 0 unspecified atom stereocenters. The van der Waals surface area contributed by atoms with Gasteiger partial charge in [0.2, 0.25) is 5.91 Å². The summed E-state index contributed by atoms with van der Waals surface area (Å²) in [6.45, 7) is 4.50. The lowest BCUT2D eigenvalue weighted by molar-refractivity contribution is -0.127. The van der Waals surface area contributed by atoms with Crippen LogP contribution in [0.3, 0.4) is 0 Å². The van der Waals surface area contributed by atoms with Gasteiger partial charge < -0.3 is 14.8 Å². The van der Waals surface area contributed by atoms with E-state index in [1.54, 1.807) is 48.5 Å². The molecule has 1 heterocycles. The maximum absolute atomic E-state index is 12.7. The van der Waals surface area contributed by atoms with Gasteiger partial charge >= 0.3 is 0 Å². The largest absolute Gasteiger partial charge is 0.494 e. The van der Waals surface area contributed by atoms with Gasteiger partial charge in [-0.15, -0.1) is 0 Å². The predicted molar refractivity (Wildman–Crippen MR) is 124 cm³/mol. The third-order valence-corrected chi connectivity index (χ3v) is 5.71. The van der Waals surface area contributed by atoms with Crippen molar-refractivity contribution in [2.75, 3.05) is 25.1 Å². The zero-order chi connectivity index (χ0) is 22.4. The number of halogens is 1. The molecule has 1 saturated heterocycles. The summed E-state index contributed by atoms with van der Waals surface area (Å²) in [5, 5.41) is 2.20. The number of ether oxygens (including phenoxy) is 2. The highest BCUT2D eigenvalue weighted by atomic mass is 79.9. The Morgan fingerprint density at radius 1 is 1.10 bits per heavy atom. The Labute approximate surface area is 192 Å². The summed E-state index contributed by atoms with van der Waals surface area (Å²) in [5.74, 6) is 0.426. The van der Waals surface area contributed by atoms with Crippen molar-refractivity contribution in [3.8, 4) is 11.5 Å². The molecule has 9 heteroatoms. The fourth-order valence-electron chi connectivity index (χ4n) is 2.81. The molecule has 0 aliphatic carbocycles. The molecule has 7 nitrogen and oxygen atoms in total. The minimum atomic E-state index is -0.498. The van der Waals surface area contributed by atoms with Gasteiger partial charge in [0.15, 0.2) is 0 Å². The molecule has 1 aliphatic heterocycles. The van der Waals surface area contributed by atoms with Crippen LogP contribution >= 0.6 is 27.7 Å². The number of carbonyl (C=O) groups is 3. The average molecular weight is 505 g/mol. The highest BCUT2D eigenvalue weighted by Crippen LogP contribution is 2.33. The maximum Gasteiger partial charge on any atom is 0.294 e. The molecule has 1 aliphatic rings. The zero-order valence-electron chi connectivity index (χ0n) is 17.0. The summed E-state index contributed by atoms with van der Waals surface area (Å²) in [6.07, 6.45) is 1.62. The lowest BCUT2D eigenvalue weighted by Crippen LogP contribution is -2.36. The SMILES string of the molecule is CCOc1ccc(NC(=O)CN2C(=O)S/C(=C/c3ccc(OCC)c(Br)c3)C2=O)cc1. The van der Waals surface area contributed by atoms with Gasteiger partial charge in [-0.1, -0.05) is 6.07 Å². The van der Waals surface area contributed by atoms with Crippen LogP contribution in [0.2, 0.25) is 0 Å². The van der Waals surface area contributed by atoms with Crippen LogP contribution in [0.5, 0.6) is 11.5 Å². The van der Waals surface area contributed by atoms with Gasteiger partial charge in [-0.05, 0) is 89.6 Å². The van der Waals surface area contributed by atoms with E-state index in [9.17, 15) is 14.4 Å². The minimum absolute atomic E-state index is 0.259. The number of carbonyl (C=O) groups excluding carboxylic acids is 3. The normalized spacial score (nSPS) is 14.8. The van der Waals surface area contributed by atoms with E-state index >= 15 is 0 Å². The Morgan fingerprint density at radius 3 is 2.45 bits per heavy atom. The van der Waals surface area contributed by atoms with Crippen LogP contribution in [-0.4, -0.2) is 41.7 Å². The van der Waals surface area contributed by atoms with Gasteiger partial charge in [0.05, 0.1) is 22.6 Å². The molecule has 1 fully saturated rings. The maximum atomic E-state index is 12.7. The van der Waals surface area contributed by atoms with Crippen LogP contribution in [0.25, 0.3) is 6.08 Å². The first-order chi connectivity index (χ1) is 14.9. The lowest BCUT2D eigenvalue weighted by atomic mass is 10.2. The Bertz CT molecular complexity index is 1020. The minimum Gasteiger partial charge on any atom is -0.494 e. The molecular weight excluding hydrogens is 484 g/mol. The summed E-state index contributed by atoms with van der Waals surface area (Å²) in [7, 11) is 0. The van der Waals surface area contributed by atoms with E-state index in [2.05, 4.69) is 21.2 Å². The first-order valence-electron chi connectivity index (χ1n) is 9.61. The molecule has 3 rings (SSSR count). The van der Waals surface area contributed by atoms with Gasteiger partial charge in [-0.25, -0.2) is 0 Å². The topological polar surface area (TPSA) is 84.9 Å².